The maximum Gasteiger partial charge on any atom is 0.195 e. The Balaban J connectivity index is 2.27. The number of nitrogens with one attached hydrogen (secondary N) is 10. The van der Waals surface area contributed by atoms with Crippen molar-refractivity contribution in [1.82, 2.24) is 31.9 Å². The largest absolute Gasteiger partial charge is 0.356 e. The maximum absolute atomic E-state index is 7.84. The van der Waals surface area contributed by atoms with Crippen molar-refractivity contribution >= 4 is 23.8 Å². The molecule has 10 N–H and O–H groups in total. The Bertz CT molecular complexity index is 430. The van der Waals surface area contributed by atoms with Crippen LogP contribution >= 0.6 is 0 Å². The van der Waals surface area contributed by atoms with E-state index in [2.05, 4.69) is 31.9 Å². The summed E-state index contributed by atoms with van der Waals surface area (Å²) in [6, 6.07) is 0. The topological polar surface area (TPSA) is 168 Å². The minimum atomic E-state index is 0.178. The van der Waals surface area contributed by atoms with Crippen molar-refractivity contribution in [2.24, 2.45) is 0 Å². The molecule has 0 unspecified atom stereocenters. The zero-order valence-electron chi connectivity index (χ0n) is 18.3. The van der Waals surface area contributed by atoms with Crippen LogP contribution in [0.15, 0.2) is 0 Å². The smallest absolute Gasteiger partial charge is 0.195 e. The Morgan fingerprint density at radius 3 is 0.767 bits per heavy atom. The average Bonchev–Trinajstić information content (AvgIpc) is 2.70. The van der Waals surface area contributed by atoms with E-state index in [9.17, 15) is 0 Å². The highest BCUT2D eigenvalue weighted by atomic mass is 15.2. The van der Waals surface area contributed by atoms with Crippen LogP contribution in [0.1, 0.15) is 77.0 Å². The van der Waals surface area contributed by atoms with Gasteiger partial charge in [-0.3, -0.25) is 32.3 Å². The van der Waals surface area contributed by atoms with Gasteiger partial charge < -0.3 is 21.3 Å². The quantitative estimate of drug-likeness (QED) is 0.286. The SMILES string of the molecule is N=C1NCCCCCCCCNC(=N)NC(=N)NCCCCCCCCNC(=N)N1. The summed E-state index contributed by atoms with van der Waals surface area (Å²) in [7, 11) is 0. The molecule has 1 fully saturated rings. The molecule has 10 nitrogen and oxygen atoms in total. The van der Waals surface area contributed by atoms with E-state index < -0.39 is 0 Å². The predicted molar refractivity (Wildman–Crippen MR) is 125 cm³/mol. The summed E-state index contributed by atoms with van der Waals surface area (Å²) in [5.74, 6) is 0.714. The molecule has 0 spiro atoms. The summed E-state index contributed by atoms with van der Waals surface area (Å²) < 4.78 is 0. The van der Waals surface area contributed by atoms with Gasteiger partial charge in [0.1, 0.15) is 0 Å². The van der Waals surface area contributed by atoms with Gasteiger partial charge in [0.2, 0.25) is 0 Å². The Hall–Kier alpha value is -2.52. The van der Waals surface area contributed by atoms with E-state index in [4.69, 9.17) is 21.6 Å². The summed E-state index contributed by atoms with van der Waals surface area (Å²) in [5, 5.41) is 48.9. The number of hydrogen-bond donors (Lipinski definition) is 10. The van der Waals surface area contributed by atoms with Gasteiger partial charge in [-0.1, -0.05) is 51.4 Å². The third-order valence-electron chi connectivity index (χ3n) is 4.91. The fourth-order valence-corrected chi connectivity index (χ4v) is 3.19. The molecule has 30 heavy (non-hydrogen) atoms. The molecular weight excluding hydrogens is 380 g/mol. The molecule has 172 valence electrons. The number of hydrogen-bond acceptors (Lipinski definition) is 4. The van der Waals surface area contributed by atoms with Gasteiger partial charge in [0.05, 0.1) is 0 Å². The Morgan fingerprint density at radius 1 is 0.333 bits per heavy atom. The first-order valence-electron chi connectivity index (χ1n) is 11.4. The first-order valence-corrected chi connectivity index (χ1v) is 11.4. The molecule has 0 aromatic carbocycles. The van der Waals surface area contributed by atoms with Crippen LogP contribution in [0.2, 0.25) is 0 Å². The molecule has 1 saturated heterocycles. The van der Waals surface area contributed by atoms with Crippen molar-refractivity contribution in [1.29, 1.82) is 21.6 Å². The lowest BCUT2D eigenvalue weighted by molar-refractivity contribution is 0.580. The van der Waals surface area contributed by atoms with Crippen molar-refractivity contribution in [3.63, 3.8) is 0 Å². The molecule has 0 bridgehead atoms. The van der Waals surface area contributed by atoms with Crippen LogP contribution in [0, 0.1) is 21.6 Å². The minimum absolute atomic E-state index is 0.178. The van der Waals surface area contributed by atoms with Gasteiger partial charge in [-0.05, 0) is 25.7 Å². The molecule has 1 aliphatic rings. The van der Waals surface area contributed by atoms with Crippen molar-refractivity contribution in [2.45, 2.75) is 77.0 Å². The minimum Gasteiger partial charge on any atom is -0.356 e. The summed E-state index contributed by atoms with van der Waals surface area (Å²) in [6.07, 6.45) is 13.1. The Morgan fingerprint density at radius 2 is 0.533 bits per heavy atom. The highest BCUT2D eigenvalue weighted by Gasteiger charge is 2.02. The molecule has 1 heterocycles. The number of guanidine groups is 4. The highest BCUT2D eigenvalue weighted by Crippen LogP contribution is 2.05. The van der Waals surface area contributed by atoms with Gasteiger partial charge in [0, 0.05) is 26.2 Å². The molecule has 0 radical (unpaired) electrons. The molecule has 0 aromatic heterocycles. The third-order valence-corrected chi connectivity index (χ3v) is 4.91. The molecule has 1 aliphatic heterocycles. The monoisotopic (exact) mass is 422 g/mol. The van der Waals surface area contributed by atoms with Gasteiger partial charge in [0.25, 0.3) is 0 Å². The molecule has 0 amide bonds. The van der Waals surface area contributed by atoms with Gasteiger partial charge in [-0.2, -0.15) is 0 Å². The average molecular weight is 423 g/mol. The molecule has 0 saturated carbocycles. The van der Waals surface area contributed by atoms with Crippen LogP contribution in [-0.2, 0) is 0 Å². The lowest BCUT2D eigenvalue weighted by Crippen LogP contribution is -2.46. The summed E-state index contributed by atoms with van der Waals surface area (Å²) >= 11 is 0. The zero-order chi connectivity index (χ0) is 21.9. The van der Waals surface area contributed by atoms with Crippen LogP contribution in [0.5, 0.6) is 0 Å². The molecule has 0 aromatic rings. The summed E-state index contributed by atoms with van der Waals surface area (Å²) in [6.45, 7) is 2.96. The van der Waals surface area contributed by atoms with Gasteiger partial charge in [-0.15, -0.1) is 0 Å². The summed E-state index contributed by atoms with van der Waals surface area (Å²) in [4.78, 5) is 0. The lowest BCUT2D eigenvalue weighted by atomic mass is 10.1. The van der Waals surface area contributed by atoms with Crippen molar-refractivity contribution in [3.05, 3.63) is 0 Å². The molecule has 0 atom stereocenters. The second-order valence-electron chi connectivity index (χ2n) is 7.70. The molecule has 0 aliphatic carbocycles. The van der Waals surface area contributed by atoms with Gasteiger partial charge >= 0.3 is 0 Å². The van der Waals surface area contributed by atoms with Gasteiger partial charge in [-0.25, -0.2) is 0 Å². The highest BCUT2D eigenvalue weighted by molar-refractivity contribution is 5.96. The Labute approximate surface area is 181 Å². The van der Waals surface area contributed by atoms with Crippen LogP contribution < -0.4 is 31.9 Å². The second-order valence-corrected chi connectivity index (χ2v) is 7.70. The van der Waals surface area contributed by atoms with Crippen LogP contribution in [0.25, 0.3) is 0 Å². The predicted octanol–water partition coefficient (Wildman–Crippen LogP) is 1.96. The van der Waals surface area contributed by atoms with Crippen LogP contribution in [0.4, 0.5) is 0 Å². The third kappa shape index (κ3) is 15.4. The first-order chi connectivity index (χ1) is 14.6. The Kier molecular flexibility index (Phi) is 14.8. The van der Waals surface area contributed by atoms with E-state index in [0.29, 0.717) is 0 Å². The van der Waals surface area contributed by atoms with Crippen molar-refractivity contribution < 1.29 is 0 Å². The second kappa shape index (κ2) is 17.3. The fraction of sp³-hybridized carbons (Fsp3) is 0.800. The molecule has 10 heteroatoms. The summed E-state index contributed by atoms with van der Waals surface area (Å²) in [5.41, 5.74) is 0. The maximum atomic E-state index is 7.84. The van der Waals surface area contributed by atoms with Crippen LogP contribution in [0.3, 0.4) is 0 Å². The van der Waals surface area contributed by atoms with E-state index in [1.807, 2.05) is 0 Å². The molecular formula is C20H42N10. The van der Waals surface area contributed by atoms with Crippen LogP contribution in [-0.4, -0.2) is 50.0 Å². The van der Waals surface area contributed by atoms with E-state index in [1.54, 1.807) is 0 Å². The van der Waals surface area contributed by atoms with E-state index >= 15 is 0 Å². The van der Waals surface area contributed by atoms with E-state index in [0.717, 1.165) is 103 Å². The van der Waals surface area contributed by atoms with E-state index in [-0.39, 0.29) is 23.8 Å². The lowest BCUT2D eigenvalue weighted by Gasteiger charge is -2.13. The van der Waals surface area contributed by atoms with Crippen molar-refractivity contribution in [3.8, 4) is 0 Å². The molecule has 1 rings (SSSR count). The zero-order valence-corrected chi connectivity index (χ0v) is 18.3. The standard InChI is InChI=1S/C20H42N10/c21-17-25-13-9-5-1-2-6-10-14-26-18(22)30-20(24)28-16-12-8-4-3-7-11-15-27-19(23)29-17/h1-16H2,(H5,21,23,25,27,29)(H5,22,24,26,28,30). The fourth-order valence-electron chi connectivity index (χ4n) is 3.19. The number of rotatable bonds is 0. The normalized spacial score (nSPS) is 21.1. The van der Waals surface area contributed by atoms with E-state index in [1.165, 1.54) is 0 Å². The van der Waals surface area contributed by atoms with Crippen molar-refractivity contribution in [2.75, 3.05) is 26.2 Å². The van der Waals surface area contributed by atoms with Gasteiger partial charge in [0.15, 0.2) is 23.8 Å². The first kappa shape index (κ1) is 25.5.